The molecule has 0 fully saturated rings. The minimum absolute atomic E-state index is 0.128. The van der Waals surface area contributed by atoms with Crippen LogP contribution in [0.5, 0.6) is 11.5 Å². The lowest BCUT2D eigenvalue weighted by Gasteiger charge is -2.11. The van der Waals surface area contributed by atoms with Gasteiger partial charge in [0.1, 0.15) is 11.5 Å². The second-order valence-corrected chi connectivity index (χ2v) is 4.26. The van der Waals surface area contributed by atoms with Gasteiger partial charge in [-0.05, 0) is 24.3 Å². The summed E-state index contributed by atoms with van der Waals surface area (Å²) in [6, 6.07) is 15.4. The lowest BCUT2D eigenvalue weighted by atomic mass is 10.2. The highest BCUT2D eigenvalue weighted by Crippen LogP contribution is 2.18. The van der Waals surface area contributed by atoms with Crippen LogP contribution in [0, 0.1) is 0 Å². The van der Waals surface area contributed by atoms with E-state index in [1.807, 2.05) is 76.2 Å². The van der Waals surface area contributed by atoms with Crippen molar-refractivity contribution in [3.8, 4) is 11.5 Å². The van der Waals surface area contributed by atoms with E-state index >= 15 is 0 Å². The van der Waals surface area contributed by atoms with Crippen molar-refractivity contribution in [1.82, 2.24) is 0 Å². The zero-order valence-corrected chi connectivity index (χ0v) is 16.2. The van der Waals surface area contributed by atoms with Crippen molar-refractivity contribution < 1.29 is 9.47 Å². The summed E-state index contributed by atoms with van der Waals surface area (Å²) >= 11 is 0. The number of nitrogens with zero attached hydrogens (tertiary/aromatic N) is 2. The largest absolute Gasteiger partial charge is 0.457 e. The van der Waals surface area contributed by atoms with E-state index in [0.29, 0.717) is 0 Å². The molecule has 2 aromatic rings. The molecule has 0 bridgehead atoms. The van der Waals surface area contributed by atoms with Crippen LogP contribution in [0.25, 0.3) is 0 Å². The minimum atomic E-state index is 0.128. The van der Waals surface area contributed by atoms with E-state index in [1.165, 1.54) is 0 Å². The zero-order chi connectivity index (χ0) is 18.9. The van der Waals surface area contributed by atoms with E-state index in [2.05, 4.69) is 9.98 Å². The van der Waals surface area contributed by atoms with E-state index < -0.39 is 0 Å². The molecule has 0 atom stereocenters. The first-order chi connectivity index (χ1) is 12.3. The molecular formula is C21H30N2O2. The molecule has 0 heterocycles. The van der Waals surface area contributed by atoms with E-state index in [-0.39, 0.29) is 6.79 Å². The van der Waals surface area contributed by atoms with Gasteiger partial charge < -0.3 is 9.47 Å². The SMILES string of the molecule is CC.CC.CN=Cc1ccccc1OCOc1ccccc1C=NC. The van der Waals surface area contributed by atoms with Crippen molar-refractivity contribution in [2.45, 2.75) is 27.7 Å². The Balaban J connectivity index is 0.00000134. The van der Waals surface area contributed by atoms with Crippen LogP contribution in [0.4, 0.5) is 0 Å². The van der Waals surface area contributed by atoms with Crippen molar-refractivity contribution in [2.75, 3.05) is 20.9 Å². The highest BCUT2D eigenvalue weighted by molar-refractivity contribution is 5.83. The third-order valence-corrected chi connectivity index (χ3v) is 2.80. The van der Waals surface area contributed by atoms with Crippen LogP contribution in [-0.4, -0.2) is 33.3 Å². The van der Waals surface area contributed by atoms with Gasteiger partial charge in [0.05, 0.1) is 0 Å². The van der Waals surface area contributed by atoms with Gasteiger partial charge in [0.15, 0.2) is 0 Å². The summed E-state index contributed by atoms with van der Waals surface area (Å²) in [4.78, 5) is 8.02. The van der Waals surface area contributed by atoms with Crippen LogP contribution in [-0.2, 0) is 0 Å². The van der Waals surface area contributed by atoms with Crippen molar-refractivity contribution >= 4 is 12.4 Å². The fourth-order valence-electron chi connectivity index (χ4n) is 1.87. The Morgan fingerprint density at radius 3 is 1.40 bits per heavy atom. The summed E-state index contributed by atoms with van der Waals surface area (Å²) in [5, 5.41) is 0. The molecule has 0 aliphatic heterocycles. The molecule has 0 saturated heterocycles. The first-order valence-corrected chi connectivity index (χ1v) is 8.63. The molecule has 2 rings (SSSR count). The van der Waals surface area contributed by atoms with Crippen LogP contribution in [0.3, 0.4) is 0 Å². The zero-order valence-electron chi connectivity index (χ0n) is 16.2. The second kappa shape index (κ2) is 14.9. The topological polar surface area (TPSA) is 43.2 Å². The third-order valence-electron chi connectivity index (χ3n) is 2.80. The van der Waals surface area contributed by atoms with E-state index in [1.54, 1.807) is 26.5 Å². The molecule has 0 spiro atoms. The number of para-hydroxylation sites is 2. The van der Waals surface area contributed by atoms with Crippen LogP contribution >= 0.6 is 0 Å². The molecule has 0 amide bonds. The van der Waals surface area contributed by atoms with Crippen molar-refractivity contribution in [3.05, 3.63) is 59.7 Å². The highest BCUT2D eigenvalue weighted by atomic mass is 16.7. The number of ether oxygens (including phenoxy) is 2. The number of aliphatic imine (C=N–C) groups is 2. The summed E-state index contributed by atoms with van der Waals surface area (Å²) in [6.45, 7) is 8.13. The van der Waals surface area contributed by atoms with Gasteiger partial charge in [-0.3, -0.25) is 9.98 Å². The Kier molecular flexibility index (Phi) is 13.4. The summed E-state index contributed by atoms with van der Waals surface area (Å²) < 4.78 is 11.3. The Bertz CT molecular complexity index is 582. The minimum Gasteiger partial charge on any atom is -0.457 e. The molecule has 136 valence electrons. The fraction of sp³-hybridized carbons (Fsp3) is 0.333. The van der Waals surface area contributed by atoms with Crippen molar-refractivity contribution in [1.29, 1.82) is 0 Å². The van der Waals surface area contributed by atoms with Gasteiger partial charge >= 0.3 is 0 Å². The van der Waals surface area contributed by atoms with Crippen LogP contribution in [0.2, 0.25) is 0 Å². The molecule has 0 radical (unpaired) electrons. The quantitative estimate of drug-likeness (QED) is 0.531. The number of hydrogen-bond acceptors (Lipinski definition) is 4. The normalized spacial score (nSPS) is 9.84. The first-order valence-electron chi connectivity index (χ1n) is 8.63. The van der Waals surface area contributed by atoms with Gasteiger partial charge in [-0.2, -0.15) is 0 Å². The fourth-order valence-corrected chi connectivity index (χ4v) is 1.87. The predicted octanol–water partition coefficient (Wildman–Crippen LogP) is 5.25. The summed E-state index contributed by atoms with van der Waals surface area (Å²) in [5.74, 6) is 1.48. The smallest absolute Gasteiger partial charge is 0.230 e. The number of hydrogen-bond donors (Lipinski definition) is 0. The van der Waals surface area contributed by atoms with Crippen LogP contribution in [0.1, 0.15) is 38.8 Å². The number of benzene rings is 2. The lowest BCUT2D eigenvalue weighted by molar-refractivity contribution is 0.119. The van der Waals surface area contributed by atoms with E-state index in [0.717, 1.165) is 22.6 Å². The molecule has 0 aliphatic rings. The Hall–Kier alpha value is -2.62. The van der Waals surface area contributed by atoms with Crippen molar-refractivity contribution in [3.63, 3.8) is 0 Å². The predicted molar refractivity (Wildman–Crippen MR) is 109 cm³/mol. The van der Waals surface area contributed by atoms with Crippen LogP contribution in [0.15, 0.2) is 58.5 Å². The Labute approximate surface area is 152 Å². The molecule has 4 heteroatoms. The van der Waals surface area contributed by atoms with Crippen molar-refractivity contribution in [2.24, 2.45) is 9.98 Å². The molecule has 0 unspecified atom stereocenters. The van der Waals surface area contributed by atoms with E-state index in [9.17, 15) is 0 Å². The maximum absolute atomic E-state index is 5.67. The van der Waals surface area contributed by atoms with E-state index in [4.69, 9.17) is 9.47 Å². The van der Waals surface area contributed by atoms with Gasteiger partial charge in [0, 0.05) is 37.7 Å². The van der Waals surface area contributed by atoms with Gasteiger partial charge in [-0.15, -0.1) is 0 Å². The summed E-state index contributed by atoms with van der Waals surface area (Å²) in [7, 11) is 3.46. The molecule has 25 heavy (non-hydrogen) atoms. The molecule has 0 saturated carbocycles. The van der Waals surface area contributed by atoms with Gasteiger partial charge in [0.25, 0.3) is 0 Å². The first kappa shape index (κ1) is 22.4. The van der Waals surface area contributed by atoms with Gasteiger partial charge in [0.2, 0.25) is 6.79 Å². The monoisotopic (exact) mass is 342 g/mol. The molecule has 0 N–H and O–H groups in total. The molecule has 2 aromatic carbocycles. The van der Waals surface area contributed by atoms with Gasteiger partial charge in [-0.25, -0.2) is 0 Å². The number of rotatable bonds is 6. The average Bonchev–Trinajstić information content (AvgIpc) is 2.68. The summed E-state index contributed by atoms with van der Waals surface area (Å²) in [6.07, 6.45) is 3.51. The second-order valence-electron chi connectivity index (χ2n) is 4.26. The molecular weight excluding hydrogens is 312 g/mol. The maximum Gasteiger partial charge on any atom is 0.230 e. The highest BCUT2D eigenvalue weighted by Gasteiger charge is 2.03. The third kappa shape index (κ3) is 8.15. The molecule has 0 aromatic heterocycles. The average molecular weight is 342 g/mol. The van der Waals surface area contributed by atoms with Crippen LogP contribution < -0.4 is 9.47 Å². The summed E-state index contributed by atoms with van der Waals surface area (Å²) in [5.41, 5.74) is 1.85. The van der Waals surface area contributed by atoms with Gasteiger partial charge in [-0.1, -0.05) is 52.0 Å². The Morgan fingerprint density at radius 2 is 1.04 bits per heavy atom. The lowest BCUT2D eigenvalue weighted by Crippen LogP contribution is -2.08. The molecule has 4 nitrogen and oxygen atoms in total. The maximum atomic E-state index is 5.67. The Morgan fingerprint density at radius 1 is 0.680 bits per heavy atom. The standard InChI is InChI=1S/C17H18N2O2.2C2H6/c1-18-11-14-7-3-5-9-16(14)20-13-21-17-10-6-4-8-15(17)12-19-2;2*1-2/h3-12H,13H2,1-2H3;2*1-2H3. The molecule has 0 aliphatic carbocycles.